The number of carbonyl (C=O) groups excluding carboxylic acids is 2. The summed E-state index contributed by atoms with van der Waals surface area (Å²) in [4.78, 5) is 26.4. The molecular formula is C17H19N3O3S2. The van der Waals surface area contributed by atoms with E-state index in [-0.39, 0.29) is 31.0 Å². The van der Waals surface area contributed by atoms with Crippen LogP contribution in [0.3, 0.4) is 0 Å². The third-order valence-corrected chi connectivity index (χ3v) is 5.93. The topological polar surface area (TPSA) is 71.0 Å². The average Bonchev–Trinajstić information content (AvgIpc) is 3.32. The van der Waals surface area contributed by atoms with Crippen molar-refractivity contribution in [1.29, 1.82) is 0 Å². The lowest BCUT2D eigenvalue weighted by Gasteiger charge is -2.21. The molecule has 2 aromatic heterocycles. The lowest BCUT2D eigenvalue weighted by atomic mass is 10.1. The van der Waals surface area contributed by atoms with Gasteiger partial charge in [-0.1, -0.05) is 6.07 Å². The molecule has 1 atom stereocenters. The summed E-state index contributed by atoms with van der Waals surface area (Å²) >= 11 is 3.24. The quantitative estimate of drug-likeness (QED) is 0.841. The average molecular weight is 377 g/mol. The first-order valence-corrected chi connectivity index (χ1v) is 9.59. The van der Waals surface area contributed by atoms with E-state index in [4.69, 9.17) is 4.74 Å². The summed E-state index contributed by atoms with van der Waals surface area (Å²) < 4.78 is 4.76. The normalized spacial score (nSPS) is 16.8. The molecule has 6 nitrogen and oxygen atoms in total. The van der Waals surface area contributed by atoms with Gasteiger partial charge in [-0.2, -0.15) is 5.10 Å². The van der Waals surface area contributed by atoms with Gasteiger partial charge in [-0.15, -0.1) is 22.7 Å². The molecular weight excluding hydrogens is 358 g/mol. The maximum absolute atomic E-state index is 12.7. The predicted molar refractivity (Wildman–Crippen MR) is 99.0 cm³/mol. The van der Waals surface area contributed by atoms with Crippen LogP contribution in [0, 0.1) is 6.92 Å². The van der Waals surface area contributed by atoms with Gasteiger partial charge >= 0.3 is 0 Å². The van der Waals surface area contributed by atoms with Gasteiger partial charge in [0, 0.05) is 18.4 Å². The standard InChI is InChI=1S/C17H19N3O3S2/c1-11-5-7-25-17(11)13-8-12(14-4-3-6-24-14)19-20(13)16(22)9-18-15(21)10-23-2/h3-7,13H,8-10H2,1-2H3,(H,18,21). The zero-order valence-electron chi connectivity index (χ0n) is 14.0. The highest BCUT2D eigenvalue weighted by Crippen LogP contribution is 2.37. The second-order valence-corrected chi connectivity index (χ2v) is 7.56. The molecule has 1 unspecified atom stereocenters. The SMILES string of the molecule is COCC(=O)NCC(=O)N1N=C(c2cccs2)CC1c1sccc1C. The van der Waals surface area contributed by atoms with E-state index in [1.165, 1.54) is 12.1 Å². The fourth-order valence-corrected chi connectivity index (χ4v) is 4.43. The van der Waals surface area contributed by atoms with Crippen molar-refractivity contribution < 1.29 is 14.3 Å². The summed E-state index contributed by atoms with van der Waals surface area (Å²) in [6.45, 7) is 1.88. The van der Waals surface area contributed by atoms with Crippen molar-refractivity contribution in [2.24, 2.45) is 5.10 Å². The molecule has 1 aliphatic rings. The Bertz CT molecular complexity index is 783. The van der Waals surface area contributed by atoms with Crippen LogP contribution in [-0.2, 0) is 14.3 Å². The van der Waals surface area contributed by atoms with Crippen LogP contribution in [0.2, 0.25) is 0 Å². The maximum atomic E-state index is 12.7. The number of hydrogen-bond donors (Lipinski definition) is 1. The Balaban J connectivity index is 1.79. The number of carbonyl (C=O) groups is 2. The molecule has 3 rings (SSSR count). The highest BCUT2D eigenvalue weighted by atomic mass is 32.1. The first kappa shape index (κ1) is 17.8. The highest BCUT2D eigenvalue weighted by Gasteiger charge is 2.34. The summed E-state index contributed by atoms with van der Waals surface area (Å²) in [5, 5.41) is 12.7. The molecule has 0 aliphatic carbocycles. The largest absolute Gasteiger partial charge is 0.375 e. The molecule has 3 heterocycles. The zero-order valence-corrected chi connectivity index (χ0v) is 15.7. The fraction of sp³-hybridized carbons (Fsp3) is 0.353. The monoisotopic (exact) mass is 377 g/mol. The Morgan fingerprint density at radius 2 is 2.20 bits per heavy atom. The number of methoxy groups -OCH3 is 1. The molecule has 0 saturated carbocycles. The third-order valence-electron chi connectivity index (χ3n) is 3.89. The number of thiophene rings is 2. The van der Waals surface area contributed by atoms with Gasteiger partial charge in [0.2, 0.25) is 5.91 Å². The van der Waals surface area contributed by atoms with E-state index in [1.54, 1.807) is 22.7 Å². The van der Waals surface area contributed by atoms with Crippen molar-refractivity contribution in [2.75, 3.05) is 20.3 Å². The molecule has 0 aromatic carbocycles. The lowest BCUT2D eigenvalue weighted by Crippen LogP contribution is -2.39. The molecule has 0 bridgehead atoms. The smallest absolute Gasteiger partial charge is 0.262 e. The van der Waals surface area contributed by atoms with E-state index in [0.29, 0.717) is 6.42 Å². The van der Waals surface area contributed by atoms with E-state index >= 15 is 0 Å². The van der Waals surface area contributed by atoms with Crippen molar-refractivity contribution in [3.8, 4) is 0 Å². The molecule has 0 saturated heterocycles. The third kappa shape index (κ3) is 3.97. The number of hydrazone groups is 1. The second-order valence-electron chi connectivity index (χ2n) is 5.66. The lowest BCUT2D eigenvalue weighted by molar-refractivity contribution is -0.135. The molecule has 0 radical (unpaired) electrons. The molecule has 2 amide bonds. The van der Waals surface area contributed by atoms with Crippen LogP contribution in [0.15, 0.2) is 34.1 Å². The van der Waals surface area contributed by atoms with E-state index in [2.05, 4.69) is 10.4 Å². The Labute approximate surface area is 154 Å². The van der Waals surface area contributed by atoms with Gasteiger partial charge in [0.1, 0.15) is 6.61 Å². The summed E-state index contributed by atoms with van der Waals surface area (Å²) in [6, 6.07) is 5.91. The number of nitrogens with one attached hydrogen (secondary N) is 1. The molecule has 1 aliphatic heterocycles. The Hall–Kier alpha value is -2.03. The second kappa shape index (κ2) is 7.90. The Kier molecular flexibility index (Phi) is 5.62. The number of ether oxygens (including phenoxy) is 1. The minimum absolute atomic E-state index is 0.0650. The molecule has 132 valence electrons. The zero-order chi connectivity index (χ0) is 17.8. The number of nitrogens with zero attached hydrogens (tertiary/aromatic N) is 2. The van der Waals surface area contributed by atoms with Crippen molar-refractivity contribution in [1.82, 2.24) is 10.3 Å². The van der Waals surface area contributed by atoms with Crippen molar-refractivity contribution >= 4 is 40.2 Å². The van der Waals surface area contributed by atoms with Crippen LogP contribution in [0.4, 0.5) is 0 Å². The van der Waals surface area contributed by atoms with Gasteiger partial charge in [0.05, 0.1) is 23.2 Å². The van der Waals surface area contributed by atoms with Crippen LogP contribution in [-0.4, -0.2) is 42.8 Å². The van der Waals surface area contributed by atoms with Crippen LogP contribution in [0.5, 0.6) is 0 Å². The van der Waals surface area contributed by atoms with Gasteiger partial charge in [-0.25, -0.2) is 5.01 Å². The van der Waals surface area contributed by atoms with Crippen LogP contribution < -0.4 is 5.32 Å². The van der Waals surface area contributed by atoms with Crippen LogP contribution in [0.25, 0.3) is 0 Å². The summed E-state index contributed by atoms with van der Waals surface area (Å²) in [5.74, 6) is -0.546. The molecule has 0 fully saturated rings. The Morgan fingerprint density at radius 1 is 1.36 bits per heavy atom. The summed E-state index contributed by atoms with van der Waals surface area (Å²) in [6.07, 6.45) is 0.680. The Morgan fingerprint density at radius 3 is 2.84 bits per heavy atom. The van der Waals surface area contributed by atoms with Gasteiger partial charge < -0.3 is 10.1 Å². The van der Waals surface area contributed by atoms with Crippen LogP contribution >= 0.6 is 22.7 Å². The predicted octanol–water partition coefficient (Wildman–Crippen LogP) is 2.56. The van der Waals surface area contributed by atoms with E-state index in [9.17, 15) is 9.59 Å². The summed E-state index contributed by atoms with van der Waals surface area (Å²) in [5.41, 5.74) is 2.06. The van der Waals surface area contributed by atoms with Gasteiger partial charge in [-0.05, 0) is 35.4 Å². The highest BCUT2D eigenvalue weighted by molar-refractivity contribution is 7.12. The van der Waals surface area contributed by atoms with Gasteiger partial charge in [-0.3, -0.25) is 9.59 Å². The fourth-order valence-electron chi connectivity index (χ4n) is 2.70. The van der Waals surface area contributed by atoms with Gasteiger partial charge in [0.15, 0.2) is 0 Å². The number of hydrogen-bond acceptors (Lipinski definition) is 6. The van der Waals surface area contributed by atoms with E-state index in [0.717, 1.165) is 21.0 Å². The molecule has 8 heteroatoms. The molecule has 0 spiro atoms. The molecule has 25 heavy (non-hydrogen) atoms. The van der Waals surface area contributed by atoms with Crippen molar-refractivity contribution in [2.45, 2.75) is 19.4 Å². The summed E-state index contributed by atoms with van der Waals surface area (Å²) in [7, 11) is 1.44. The first-order valence-electron chi connectivity index (χ1n) is 7.83. The minimum atomic E-state index is -0.318. The van der Waals surface area contributed by atoms with Gasteiger partial charge in [0.25, 0.3) is 5.91 Å². The van der Waals surface area contributed by atoms with Crippen LogP contribution in [0.1, 0.15) is 27.8 Å². The first-order chi connectivity index (χ1) is 12.1. The molecule has 2 aromatic rings. The molecule has 1 N–H and O–H groups in total. The van der Waals surface area contributed by atoms with E-state index in [1.807, 2.05) is 35.9 Å². The number of amides is 2. The maximum Gasteiger partial charge on any atom is 0.262 e. The number of aryl methyl sites for hydroxylation is 1. The minimum Gasteiger partial charge on any atom is -0.375 e. The van der Waals surface area contributed by atoms with Crippen molar-refractivity contribution in [3.63, 3.8) is 0 Å². The number of rotatable bonds is 6. The van der Waals surface area contributed by atoms with E-state index < -0.39 is 0 Å². The van der Waals surface area contributed by atoms with Crippen molar-refractivity contribution in [3.05, 3.63) is 44.3 Å².